The fourth-order valence-electron chi connectivity index (χ4n) is 2.34. The van der Waals surface area contributed by atoms with Crippen molar-refractivity contribution in [3.05, 3.63) is 0 Å². The van der Waals surface area contributed by atoms with Crippen molar-refractivity contribution in [3.63, 3.8) is 0 Å². The minimum absolute atomic E-state index is 0.590. The third-order valence-electron chi connectivity index (χ3n) is 4.10. The van der Waals surface area contributed by atoms with Crippen LogP contribution in [-0.4, -0.2) is 59.6 Å². The van der Waals surface area contributed by atoms with Crippen LogP contribution in [0, 0.1) is 5.41 Å². The lowest BCUT2D eigenvalue weighted by atomic mass is 9.89. The quantitative estimate of drug-likeness (QED) is 0.786. The number of rotatable bonds is 5. The summed E-state index contributed by atoms with van der Waals surface area (Å²) in [4.78, 5) is 16.0. The second-order valence-electron chi connectivity index (χ2n) is 6.05. The van der Waals surface area contributed by atoms with Gasteiger partial charge in [0.1, 0.15) is 0 Å². The number of carboxylic acids is 1. The van der Waals surface area contributed by atoms with Gasteiger partial charge in [-0.25, -0.2) is 0 Å². The van der Waals surface area contributed by atoms with E-state index < -0.39 is 11.4 Å². The highest BCUT2D eigenvalue weighted by molar-refractivity contribution is 5.73. The maximum Gasteiger partial charge on any atom is 0.309 e. The number of nitrogens with zero attached hydrogens (tertiary/aromatic N) is 2. The molecule has 1 saturated heterocycles. The standard InChI is InChI=1S/C13H24N2O2/c1-13(2,12(16)17)5-6-14-7-9-15(10-8-14)11-3-4-11/h11H,3-10H2,1-2H3,(H,16,17). The Bertz CT molecular complexity index is 279. The summed E-state index contributed by atoms with van der Waals surface area (Å²) in [7, 11) is 0. The molecule has 4 nitrogen and oxygen atoms in total. The molecule has 0 bridgehead atoms. The molecule has 98 valence electrons. The monoisotopic (exact) mass is 240 g/mol. The summed E-state index contributed by atoms with van der Waals surface area (Å²) in [5.74, 6) is -0.686. The summed E-state index contributed by atoms with van der Waals surface area (Å²) in [5, 5.41) is 9.07. The number of hydrogen-bond donors (Lipinski definition) is 1. The van der Waals surface area contributed by atoms with Gasteiger partial charge in [0.15, 0.2) is 0 Å². The Hall–Kier alpha value is -0.610. The minimum Gasteiger partial charge on any atom is -0.481 e. The molecule has 1 heterocycles. The first-order chi connectivity index (χ1) is 7.99. The van der Waals surface area contributed by atoms with Crippen LogP contribution in [0.15, 0.2) is 0 Å². The first-order valence-electron chi connectivity index (χ1n) is 6.69. The molecule has 0 spiro atoms. The van der Waals surface area contributed by atoms with E-state index in [9.17, 15) is 4.79 Å². The van der Waals surface area contributed by atoms with E-state index >= 15 is 0 Å². The summed E-state index contributed by atoms with van der Waals surface area (Å²) in [6.07, 6.45) is 3.50. The Kier molecular flexibility index (Phi) is 3.73. The van der Waals surface area contributed by atoms with E-state index in [0.29, 0.717) is 0 Å². The largest absolute Gasteiger partial charge is 0.481 e. The van der Waals surface area contributed by atoms with Gasteiger partial charge in [0.05, 0.1) is 5.41 Å². The third kappa shape index (κ3) is 3.42. The molecule has 1 aliphatic heterocycles. The van der Waals surface area contributed by atoms with Crippen molar-refractivity contribution in [2.75, 3.05) is 32.7 Å². The topological polar surface area (TPSA) is 43.8 Å². The minimum atomic E-state index is -0.686. The molecular formula is C13H24N2O2. The fourth-order valence-corrected chi connectivity index (χ4v) is 2.34. The molecule has 0 radical (unpaired) electrons. The van der Waals surface area contributed by atoms with Crippen molar-refractivity contribution >= 4 is 5.97 Å². The number of hydrogen-bond acceptors (Lipinski definition) is 3. The Morgan fingerprint density at radius 2 is 1.82 bits per heavy atom. The molecule has 0 aromatic carbocycles. The van der Waals surface area contributed by atoms with Gasteiger partial charge >= 0.3 is 5.97 Å². The molecule has 4 heteroatoms. The molecule has 0 aromatic rings. The lowest BCUT2D eigenvalue weighted by molar-refractivity contribution is -0.147. The molecule has 2 aliphatic rings. The Balaban J connectivity index is 1.69. The predicted octanol–water partition coefficient (Wildman–Crippen LogP) is 1.27. The average Bonchev–Trinajstić information content (AvgIpc) is 3.11. The van der Waals surface area contributed by atoms with Crippen molar-refractivity contribution in [3.8, 4) is 0 Å². The number of aliphatic carboxylic acids is 1. The van der Waals surface area contributed by atoms with Crippen LogP contribution < -0.4 is 0 Å². The Labute approximate surface area is 104 Å². The zero-order valence-corrected chi connectivity index (χ0v) is 11.0. The second kappa shape index (κ2) is 4.94. The molecule has 17 heavy (non-hydrogen) atoms. The molecule has 2 rings (SSSR count). The van der Waals surface area contributed by atoms with Crippen molar-refractivity contribution in [1.29, 1.82) is 0 Å². The van der Waals surface area contributed by atoms with E-state index in [1.807, 2.05) is 13.8 Å². The summed E-state index contributed by atoms with van der Waals surface area (Å²) < 4.78 is 0. The van der Waals surface area contributed by atoms with Crippen LogP contribution in [0.25, 0.3) is 0 Å². The molecule has 1 N–H and O–H groups in total. The number of piperazine rings is 1. The van der Waals surface area contributed by atoms with E-state index in [1.165, 1.54) is 12.8 Å². The van der Waals surface area contributed by atoms with Crippen LogP contribution in [0.1, 0.15) is 33.1 Å². The van der Waals surface area contributed by atoms with Gasteiger partial charge in [-0.3, -0.25) is 9.69 Å². The second-order valence-corrected chi connectivity index (χ2v) is 6.05. The van der Waals surface area contributed by atoms with Crippen LogP contribution in [0.2, 0.25) is 0 Å². The average molecular weight is 240 g/mol. The summed E-state index contributed by atoms with van der Waals surface area (Å²) in [5.41, 5.74) is -0.590. The van der Waals surface area contributed by atoms with E-state index in [-0.39, 0.29) is 0 Å². The van der Waals surface area contributed by atoms with Gasteiger partial charge in [-0.15, -0.1) is 0 Å². The zero-order valence-electron chi connectivity index (χ0n) is 11.0. The van der Waals surface area contributed by atoms with Crippen molar-refractivity contribution < 1.29 is 9.90 Å². The smallest absolute Gasteiger partial charge is 0.309 e. The zero-order chi connectivity index (χ0) is 12.5. The van der Waals surface area contributed by atoms with Crippen LogP contribution in [0.4, 0.5) is 0 Å². The molecule has 0 atom stereocenters. The highest BCUT2D eigenvalue weighted by atomic mass is 16.4. The highest BCUT2D eigenvalue weighted by Gasteiger charge is 2.32. The Morgan fingerprint density at radius 3 is 2.29 bits per heavy atom. The lowest BCUT2D eigenvalue weighted by Crippen LogP contribution is -2.48. The van der Waals surface area contributed by atoms with Gasteiger partial charge in [-0.05, 0) is 39.7 Å². The first-order valence-corrected chi connectivity index (χ1v) is 6.69. The predicted molar refractivity (Wildman–Crippen MR) is 67.1 cm³/mol. The maximum atomic E-state index is 11.0. The highest BCUT2D eigenvalue weighted by Crippen LogP contribution is 2.28. The van der Waals surface area contributed by atoms with E-state index in [2.05, 4.69) is 9.80 Å². The molecule has 1 saturated carbocycles. The first kappa shape index (κ1) is 12.8. The number of carbonyl (C=O) groups is 1. The maximum absolute atomic E-state index is 11.0. The van der Waals surface area contributed by atoms with Gasteiger partial charge in [-0.1, -0.05) is 0 Å². The molecule has 0 unspecified atom stereocenters. The SMILES string of the molecule is CC(C)(CCN1CCN(C2CC2)CC1)C(=O)O. The van der Waals surface area contributed by atoms with Gasteiger partial charge in [0, 0.05) is 32.2 Å². The van der Waals surface area contributed by atoms with E-state index in [0.717, 1.165) is 45.2 Å². The van der Waals surface area contributed by atoms with Gasteiger partial charge in [-0.2, -0.15) is 0 Å². The molecular weight excluding hydrogens is 216 g/mol. The van der Waals surface area contributed by atoms with Crippen LogP contribution in [-0.2, 0) is 4.79 Å². The summed E-state index contributed by atoms with van der Waals surface area (Å²) in [6.45, 7) is 9.08. The third-order valence-corrected chi connectivity index (χ3v) is 4.10. The fraction of sp³-hybridized carbons (Fsp3) is 0.923. The summed E-state index contributed by atoms with van der Waals surface area (Å²) >= 11 is 0. The molecule has 0 amide bonds. The lowest BCUT2D eigenvalue weighted by Gasteiger charge is -2.35. The van der Waals surface area contributed by atoms with Gasteiger partial charge in [0.2, 0.25) is 0 Å². The van der Waals surface area contributed by atoms with Gasteiger partial charge in [0.25, 0.3) is 0 Å². The molecule has 0 aromatic heterocycles. The van der Waals surface area contributed by atoms with Gasteiger partial charge < -0.3 is 10.0 Å². The summed E-state index contributed by atoms with van der Waals surface area (Å²) in [6, 6.07) is 0.868. The van der Waals surface area contributed by atoms with Crippen molar-refractivity contribution in [2.24, 2.45) is 5.41 Å². The van der Waals surface area contributed by atoms with Crippen molar-refractivity contribution in [2.45, 2.75) is 39.2 Å². The molecule has 2 fully saturated rings. The van der Waals surface area contributed by atoms with Crippen LogP contribution in [0.5, 0.6) is 0 Å². The van der Waals surface area contributed by atoms with Crippen LogP contribution >= 0.6 is 0 Å². The molecule has 1 aliphatic carbocycles. The van der Waals surface area contributed by atoms with E-state index in [4.69, 9.17) is 5.11 Å². The van der Waals surface area contributed by atoms with E-state index in [1.54, 1.807) is 0 Å². The number of carboxylic acid groups (broad SMARTS) is 1. The normalized spacial score (nSPS) is 23.9. The van der Waals surface area contributed by atoms with Crippen LogP contribution in [0.3, 0.4) is 0 Å². The van der Waals surface area contributed by atoms with Crippen molar-refractivity contribution in [1.82, 2.24) is 9.80 Å². The Morgan fingerprint density at radius 1 is 1.24 bits per heavy atom.